The van der Waals surface area contributed by atoms with Crippen molar-refractivity contribution in [3.05, 3.63) is 109 Å². The number of pyridine rings is 2. The molecular weight excluding hydrogens is 1210 g/mol. The van der Waals surface area contributed by atoms with Crippen molar-refractivity contribution in [2.45, 2.75) is 147 Å². The maximum atomic E-state index is 15.4. The van der Waals surface area contributed by atoms with Gasteiger partial charge in [0.25, 0.3) is 5.56 Å². The number of amides is 5. The van der Waals surface area contributed by atoms with Crippen molar-refractivity contribution in [2.75, 3.05) is 44.9 Å². The zero-order chi connectivity index (χ0) is 65.9. The molecule has 3 atom stereocenters. The van der Waals surface area contributed by atoms with Crippen molar-refractivity contribution in [1.82, 2.24) is 35.7 Å². The highest BCUT2D eigenvalue weighted by atomic mass is 31.2. The highest BCUT2D eigenvalue weighted by Crippen LogP contribution is 2.70. The van der Waals surface area contributed by atoms with Crippen molar-refractivity contribution in [3.63, 3.8) is 0 Å². The van der Waals surface area contributed by atoms with E-state index in [1.165, 1.54) is 10.6 Å². The lowest BCUT2D eigenvalue weighted by Crippen LogP contribution is -2.44. The van der Waals surface area contributed by atoms with Crippen LogP contribution < -0.4 is 26.8 Å². The third-order valence-corrected chi connectivity index (χ3v) is 22.0. The van der Waals surface area contributed by atoms with Crippen molar-refractivity contribution in [3.8, 4) is 11.4 Å². The molecule has 0 spiro atoms. The minimum absolute atomic E-state index is 0.00298. The van der Waals surface area contributed by atoms with Gasteiger partial charge in [-0.05, 0) is 73.8 Å². The first-order valence-electron chi connectivity index (χ1n) is 30.2. The number of cyclic esters (lactones) is 1. The predicted molar refractivity (Wildman–Crippen MR) is 324 cm³/mol. The second-order valence-electron chi connectivity index (χ2n) is 23.2. The summed E-state index contributed by atoms with van der Waals surface area (Å²) >= 11 is 0. The van der Waals surface area contributed by atoms with E-state index in [0.717, 1.165) is 4.90 Å². The van der Waals surface area contributed by atoms with E-state index < -0.39 is 140 Å². The number of Topliss-reactive ketones (excluding diaryl/α,β-unsaturated/α-hetero) is 2. The zero-order valence-corrected chi connectivity index (χ0v) is 51.4. The Morgan fingerprint density at radius 2 is 1.48 bits per heavy atom. The molecule has 9 N–H and O–H groups in total. The molecule has 486 valence electrons. The summed E-state index contributed by atoms with van der Waals surface area (Å²) in [5.74, 6) is -9.02. The summed E-state index contributed by atoms with van der Waals surface area (Å²) in [6.45, 7) is 1.70. The molecule has 26 nitrogen and oxygen atoms in total. The van der Waals surface area contributed by atoms with Gasteiger partial charge in [0.15, 0.2) is 17.2 Å². The van der Waals surface area contributed by atoms with Gasteiger partial charge in [-0.2, -0.15) is 0 Å². The van der Waals surface area contributed by atoms with Crippen molar-refractivity contribution in [1.29, 1.82) is 0 Å². The molecule has 5 heterocycles. The SMILES string of the molecule is CC[C@@]1(O)C(=O)OCc2c1cc1n(c2=O)Cc2c-1nc1cc(F)c(C)c3c1c2[C@@H](NC(=O)COCNC(=O)CCC(=O)[C@H](Cc1ccccc1)NC(=O)CCC(=O)CNC(=O)CCCCCN1C(=O)CC([P+](CCC(=O)O)(CCC(=O)O)CCC(=O)O)=C1O)CC3. The molecule has 28 heteroatoms. The van der Waals surface area contributed by atoms with Crippen LogP contribution in [0.25, 0.3) is 22.3 Å². The summed E-state index contributed by atoms with van der Waals surface area (Å²) in [6.07, 6.45) is -1.14. The molecule has 91 heavy (non-hydrogen) atoms. The third-order valence-electron chi connectivity index (χ3n) is 17.3. The van der Waals surface area contributed by atoms with E-state index in [-0.39, 0.29) is 113 Å². The largest absolute Gasteiger partial charge is 0.492 e. The third kappa shape index (κ3) is 16.0. The van der Waals surface area contributed by atoms with Crippen LogP contribution in [0.15, 0.2) is 58.5 Å². The number of ketones is 2. The molecule has 4 aromatic rings. The van der Waals surface area contributed by atoms with E-state index in [9.17, 15) is 83.1 Å². The number of carbonyl (C=O) groups is 11. The minimum Gasteiger partial charge on any atom is -0.492 e. The summed E-state index contributed by atoms with van der Waals surface area (Å²) in [7, 11) is -2.91. The topological polar surface area (TPSA) is 394 Å². The van der Waals surface area contributed by atoms with Crippen LogP contribution in [0.3, 0.4) is 0 Å². The molecular formula is C63H74FN7O19P+. The van der Waals surface area contributed by atoms with Crippen molar-refractivity contribution >= 4 is 83.1 Å². The van der Waals surface area contributed by atoms with E-state index in [1.54, 1.807) is 50.2 Å². The van der Waals surface area contributed by atoms with Gasteiger partial charge in [-0.25, -0.2) is 14.2 Å². The first-order valence-corrected chi connectivity index (χ1v) is 32.5. The number of rotatable bonds is 34. The molecule has 0 saturated carbocycles. The van der Waals surface area contributed by atoms with Gasteiger partial charge in [-0.15, -0.1) is 0 Å². The normalized spacial score (nSPS) is 16.7. The molecule has 0 radical (unpaired) electrons. The Morgan fingerprint density at radius 1 is 0.813 bits per heavy atom. The van der Waals surface area contributed by atoms with Crippen LogP contribution in [0.2, 0.25) is 0 Å². The number of aliphatic hydroxyl groups excluding tert-OH is 1. The number of unbranched alkanes of at least 4 members (excludes halogenated alkanes) is 2. The fourth-order valence-corrected chi connectivity index (χ4v) is 16.7. The molecule has 0 saturated heterocycles. The quantitative estimate of drug-likeness (QED) is 0.0120. The van der Waals surface area contributed by atoms with Crippen LogP contribution >= 0.6 is 7.26 Å². The van der Waals surface area contributed by atoms with E-state index in [2.05, 4.69) is 21.3 Å². The maximum absolute atomic E-state index is 15.4. The molecule has 1 aliphatic carbocycles. The van der Waals surface area contributed by atoms with Gasteiger partial charge in [0.1, 0.15) is 31.1 Å². The summed E-state index contributed by atoms with van der Waals surface area (Å²) in [6, 6.07) is 9.93. The summed E-state index contributed by atoms with van der Waals surface area (Å²) < 4.78 is 27.6. The van der Waals surface area contributed by atoms with E-state index in [4.69, 9.17) is 14.5 Å². The highest BCUT2D eigenvalue weighted by molar-refractivity contribution is 7.80. The summed E-state index contributed by atoms with van der Waals surface area (Å²) in [5.41, 5.74) is 1.74. The first-order chi connectivity index (χ1) is 43.3. The zero-order valence-electron chi connectivity index (χ0n) is 50.5. The van der Waals surface area contributed by atoms with Crippen LogP contribution in [-0.2, 0) is 93.8 Å². The van der Waals surface area contributed by atoms with Gasteiger partial charge in [0, 0.05) is 61.2 Å². The van der Waals surface area contributed by atoms with Gasteiger partial charge >= 0.3 is 23.9 Å². The Bertz CT molecular complexity index is 3640. The Morgan fingerprint density at radius 3 is 2.15 bits per heavy atom. The minimum atomic E-state index is -2.91. The lowest BCUT2D eigenvalue weighted by molar-refractivity contribution is -0.172. The van der Waals surface area contributed by atoms with E-state index in [0.29, 0.717) is 82.2 Å². The number of aliphatic carboxylic acids is 3. The number of halogens is 1. The Kier molecular flexibility index (Phi) is 22.4. The molecule has 2 aromatic carbocycles. The number of fused-ring (bicyclic) bond motifs is 5. The molecule has 4 aliphatic rings. The Labute approximate surface area is 521 Å². The van der Waals surface area contributed by atoms with Crippen LogP contribution in [-0.4, -0.2) is 156 Å². The average Bonchev–Trinajstić information content (AvgIpc) is 1.62. The lowest BCUT2D eigenvalue weighted by atomic mass is 9.81. The average molecular weight is 1280 g/mol. The molecule has 0 fully saturated rings. The summed E-state index contributed by atoms with van der Waals surface area (Å²) in [4.78, 5) is 159. The second-order valence-corrected chi connectivity index (χ2v) is 27.4. The van der Waals surface area contributed by atoms with E-state index in [1.807, 2.05) is 0 Å². The van der Waals surface area contributed by atoms with Crippen molar-refractivity contribution in [2.24, 2.45) is 0 Å². The van der Waals surface area contributed by atoms with Crippen LogP contribution in [0, 0.1) is 12.7 Å². The Balaban J connectivity index is 0.770. The molecule has 3 aliphatic heterocycles. The van der Waals surface area contributed by atoms with E-state index >= 15 is 4.39 Å². The number of nitrogens with one attached hydrogen (secondary N) is 4. The monoisotopic (exact) mass is 1280 g/mol. The number of aliphatic hydroxyl groups is 2. The van der Waals surface area contributed by atoms with Gasteiger partial charge < -0.3 is 60.8 Å². The Hall–Kier alpha value is -8.81. The molecule has 5 amide bonds. The smallest absolute Gasteiger partial charge is 0.343 e. The van der Waals surface area contributed by atoms with Crippen molar-refractivity contribution < 1.29 is 92.1 Å². The lowest BCUT2D eigenvalue weighted by Gasteiger charge is -2.31. The number of carbonyl (C=O) groups excluding carboxylic acids is 8. The number of hydrogen-bond acceptors (Lipinski definition) is 17. The number of esters is 1. The molecule has 2 aromatic heterocycles. The molecule has 0 unspecified atom stereocenters. The van der Waals surface area contributed by atoms with Gasteiger partial charge in [0.05, 0.1) is 99.1 Å². The first kappa shape index (κ1) is 68.1. The number of aryl methyl sites for hydroxylation is 1. The number of carboxylic acid groups (broad SMARTS) is 3. The number of aromatic nitrogens is 2. The number of ether oxygens (including phenoxy) is 2. The predicted octanol–water partition coefficient (Wildman–Crippen LogP) is 4.22. The number of benzene rings is 2. The number of nitrogens with zero attached hydrogens (tertiary/aromatic N) is 3. The van der Waals surface area contributed by atoms with Gasteiger partial charge in [0.2, 0.25) is 35.4 Å². The fraction of sp³-hybridized carbons (Fsp3) is 0.476. The number of hydrogen-bond donors (Lipinski definition) is 9. The fourth-order valence-electron chi connectivity index (χ4n) is 12.3. The van der Waals surface area contributed by atoms with Gasteiger partial charge in [-0.3, -0.25) is 57.6 Å². The molecule has 0 bridgehead atoms. The van der Waals surface area contributed by atoms with Gasteiger partial charge in [-0.1, -0.05) is 43.7 Å². The van der Waals surface area contributed by atoms with Crippen LogP contribution in [0.4, 0.5) is 4.39 Å². The second kappa shape index (κ2) is 29.9. The maximum Gasteiger partial charge on any atom is 0.343 e. The molecule has 8 rings (SSSR count). The standard InChI is InChI=1S/C63H73FN7O19P/c1-3-63(88)41-27-46-59-39(31-71(46)60(85)40(41)32-90-62(63)87)58-43(15-14-38-35(2)42(64)28-45(69-59)57(38)58)67-52(77)33-89-34-66-50(75)18-16-47(73)44(26-36-10-6-4-7-11-36)68-51(76)17-13-37(72)30-65-49(74)12-8-5-9-22-70-53(78)29-48(61(70)86)91(23-19-54(79)80,24-20-55(81)82)25-21-56(83)84/h4,6-7,10-11,27-28,43-44,88H,3,5,8-9,12-26,29-34H2,1-2H3,(H7-,65,66,67,68,74,75,76,77,79,80,81,82,83,84,86)/p+1/t43-,44-,63-/m0/s1. The summed E-state index contributed by atoms with van der Waals surface area (Å²) in [5, 5.41) is 62.4. The number of carboxylic acids is 3. The highest BCUT2D eigenvalue weighted by Gasteiger charge is 2.51. The van der Waals surface area contributed by atoms with Crippen LogP contribution in [0.1, 0.15) is 142 Å². The van der Waals surface area contributed by atoms with Crippen LogP contribution in [0.5, 0.6) is 0 Å².